The Labute approximate surface area is 237 Å². The van der Waals surface area contributed by atoms with Crippen LogP contribution < -0.4 is 5.32 Å². The van der Waals surface area contributed by atoms with Crippen LogP contribution in [0.2, 0.25) is 0 Å². The van der Waals surface area contributed by atoms with E-state index in [0.29, 0.717) is 31.7 Å². The predicted molar refractivity (Wildman–Crippen MR) is 152 cm³/mol. The van der Waals surface area contributed by atoms with Crippen molar-refractivity contribution < 1.29 is 18.8 Å². The molecule has 1 aliphatic heterocycles. The fraction of sp³-hybridized carbons (Fsp3) is 0.613. The molecule has 0 radical (unpaired) electrons. The Bertz CT molecular complexity index is 1140. The molecule has 0 spiro atoms. The molecule has 2 fully saturated rings. The fourth-order valence-corrected chi connectivity index (χ4v) is 5.95. The zero-order valence-corrected chi connectivity index (χ0v) is 24.2. The summed E-state index contributed by atoms with van der Waals surface area (Å²) in [5.41, 5.74) is 1.29. The first kappa shape index (κ1) is 29.7. The van der Waals surface area contributed by atoms with E-state index in [2.05, 4.69) is 10.3 Å². The number of halogens is 1. The Balaban J connectivity index is 1.52. The van der Waals surface area contributed by atoms with Crippen LogP contribution in [-0.2, 0) is 23.1 Å². The maximum Gasteiger partial charge on any atom is 0.274 e. The second-order valence-electron chi connectivity index (χ2n) is 11.6. The van der Waals surface area contributed by atoms with E-state index in [1.807, 2.05) is 25.8 Å². The molecule has 0 unspecified atom stereocenters. The van der Waals surface area contributed by atoms with Crippen LogP contribution in [0, 0.1) is 17.7 Å². The molecule has 40 heavy (non-hydrogen) atoms. The number of amides is 3. The van der Waals surface area contributed by atoms with Crippen molar-refractivity contribution in [2.45, 2.75) is 83.7 Å². The number of nitrogens with zero attached hydrogens (tertiary/aromatic N) is 4. The predicted octanol–water partition coefficient (Wildman–Crippen LogP) is 4.35. The van der Waals surface area contributed by atoms with Crippen LogP contribution in [0.5, 0.6) is 0 Å². The van der Waals surface area contributed by atoms with Crippen molar-refractivity contribution in [1.82, 2.24) is 24.7 Å². The van der Waals surface area contributed by atoms with Gasteiger partial charge in [0.1, 0.15) is 17.6 Å². The van der Waals surface area contributed by atoms with E-state index in [4.69, 9.17) is 0 Å². The largest absolute Gasteiger partial charge is 0.344 e. The molecule has 218 valence electrons. The van der Waals surface area contributed by atoms with Crippen molar-refractivity contribution in [2.75, 3.05) is 19.6 Å². The number of nitrogens with one attached hydrogen (secondary N) is 1. The number of carbonyl (C=O) groups excluding carboxylic acids is 3. The zero-order valence-electron chi connectivity index (χ0n) is 24.2. The second-order valence-corrected chi connectivity index (χ2v) is 11.6. The van der Waals surface area contributed by atoms with Crippen LogP contribution in [0.4, 0.5) is 4.39 Å². The summed E-state index contributed by atoms with van der Waals surface area (Å²) in [5.74, 6) is -0.566. The molecule has 9 heteroatoms. The van der Waals surface area contributed by atoms with Crippen molar-refractivity contribution in [3.63, 3.8) is 0 Å². The number of carbonyl (C=O) groups is 3. The standard InChI is InChI=1S/C31H44FN5O3/c1-4-22(2)29(38)34-28(24-9-6-5-7-10-24)31(40)37-17-8-11-26(37)19-36(30(39)27-20-35(3)21-33-27)18-16-23-12-14-25(32)15-13-23/h12-15,20-22,24,26,28H,4-11,16-19H2,1-3H3,(H,34,38)/t22-,26+,28+/m1/s1. The quantitative estimate of drug-likeness (QED) is 0.448. The molecular weight excluding hydrogens is 509 g/mol. The Morgan fingerprint density at radius 1 is 1.10 bits per heavy atom. The van der Waals surface area contributed by atoms with Gasteiger partial charge in [-0.3, -0.25) is 14.4 Å². The Morgan fingerprint density at radius 2 is 1.82 bits per heavy atom. The molecule has 3 atom stereocenters. The molecular formula is C31H44FN5O3. The molecule has 2 aliphatic rings. The van der Waals surface area contributed by atoms with Gasteiger partial charge in [0.15, 0.2) is 0 Å². The summed E-state index contributed by atoms with van der Waals surface area (Å²) in [6.45, 7) is 5.32. The highest BCUT2D eigenvalue weighted by molar-refractivity contribution is 5.92. The molecule has 2 heterocycles. The van der Waals surface area contributed by atoms with Gasteiger partial charge in [-0.1, -0.05) is 45.2 Å². The van der Waals surface area contributed by atoms with E-state index >= 15 is 0 Å². The van der Waals surface area contributed by atoms with Crippen molar-refractivity contribution >= 4 is 17.7 Å². The van der Waals surface area contributed by atoms with E-state index in [1.54, 1.807) is 34.1 Å². The lowest BCUT2D eigenvalue weighted by Crippen LogP contribution is -2.56. The fourth-order valence-electron chi connectivity index (χ4n) is 5.95. The molecule has 1 aliphatic carbocycles. The lowest BCUT2D eigenvalue weighted by atomic mass is 9.83. The summed E-state index contributed by atoms with van der Waals surface area (Å²) < 4.78 is 15.2. The minimum atomic E-state index is -0.526. The van der Waals surface area contributed by atoms with Crippen LogP contribution in [0.15, 0.2) is 36.8 Å². The van der Waals surface area contributed by atoms with Gasteiger partial charge >= 0.3 is 0 Å². The summed E-state index contributed by atoms with van der Waals surface area (Å²) in [6, 6.07) is 5.66. The van der Waals surface area contributed by atoms with Gasteiger partial charge in [-0.05, 0) is 62.1 Å². The molecule has 1 saturated heterocycles. The molecule has 4 rings (SSSR count). The van der Waals surface area contributed by atoms with E-state index in [0.717, 1.165) is 50.5 Å². The normalized spacial score (nSPS) is 19.3. The van der Waals surface area contributed by atoms with Gasteiger partial charge in [0.05, 0.1) is 6.33 Å². The number of benzene rings is 1. The molecule has 2 aromatic rings. The van der Waals surface area contributed by atoms with Crippen molar-refractivity contribution in [1.29, 1.82) is 0 Å². The van der Waals surface area contributed by atoms with Crippen molar-refractivity contribution in [3.05, 3.63) is 53.9 Å². The topological polar surface area (TPSA) is 87.5 Å². The molecule has 0 bridgehead atoms. The van der Waals surface area contributed by atoms with Crippen molar-refractivity contribution in [3.8, 4) is 0 Å². The summed E-state index contributed by atoms with van der Waals surface area (Å²) in [7, 11) is 1.82. The highest BCUT2D eigenvalue weighted by atomic mass is 19.1. The first-order valence-corrected chi connectivity index (χ1v) is 14.9. The highest BCUT2D eigenvalue weighted by Crippen LogP contribution is 2.30. The third-order valence-corrected chi connectivity index (χ3v) is 8.63. The molecule has 1 saturated carbocycles. The van der Waals surface area contributed by atoms with Gasteiger partial charge in [-0.25, -0.2) is 9.37 Å². The third kappa shape index (κ3) is 7.49. The Hall–Kier alpha value is -3.23. The lowest BCUT2D eigenvalue weighted by molar-refractivity contribution is -0.140. The third-order valence-electron chi connectivity index (χ3n) is 8.63. The monoisotopic (exact) mass is 553 g/mol. The van der Waals surface area contributed by atoms with Crippen LogP contribution in [-0.4, -0.2) is 68.8 Å². The van der Waals surface area contributed by atoms with Gasteiger partial charge in [-0.15, -0.1) is 0 Å². The van der Waals surface area contributed by atoms with Crippen LogP contribution in [0.3, 0.4) is 0 Å². The maximum atomic E-state index is 14.1. The average Bonchev–Trinajstić information content (AvgIpc) is 3.62. The summed E-state index contributed by atoms with van der Waals surface area (Å²) in [6.07, 6.45) is 11.5. The molecule has 1 N–H and O–H groups in total. The van der Waals surface area contributed by atoms with E-state index in [1.165, 1.54) is 18.6 Å². The van der Waals surface area contributed by atoms with Gasteiger partial charge in [0.25, 0.3) is 5.91 Å². The highest BCUT2D eigenvalue weighted by Gasteiger charge is 2.39. The smallest absolute Gasteiger partial charge is 0.274 e. The number of aryl methyl sites for hydroxylation is 1. The first-order chi connectivity index (χ1) is 19.3. The number of hydrogen-bond donors (Lipinski definition) is 1. The minimum absolute atomic E-state index is 0.0187. The summed E-state index contributed by atoms with van der Waals surface area (Å²) >= 11 is 0. The minimum Gasteiger partial charge on any atom is -0.344 e. The maximum absolute atomic E-state index is 14.1. The lowest BCUT2D eigenvalue weighted by Gasteiger charge is -2.37. The van der Waals surface area contributed by atoms with Crippen LogP contribution in [0.1, 0.15) is 81.3 Å². The number of aromatic nitrogens is 2. The van der Waals surface area contributed by atoms with Crippen molar-refractivity contribution in [2.24, 2.45) is 18.9 Å². The number of hydrogen-bond acceptors (Lipinski definition) is 4. The average molecular weight is 554 g/mol. The summed E-state index contributed by atoms with van der Waals surface area (Å²) in [5, 5.41) is 3.14. The Morgan fingerprint density at radius 3 is 2.48 bits per heavy atom. The molecule has 8 nitrogen and oxygen atoms in total. The number of imidazole rings is 1. The van der Waals surface area contributed by atoms with Gasteiger partial charge in [-0.2, -0.15) is 0 Å². The zero-order chi connectivity index (χ0) is 28.6. The molecule has 1 aromatic heterocycles. The van der Waals surface area contributed by atoms with Crippen LogP contribution >= 0.6 is 0 Å². The van der Waals surface area contributed by atoms with Gasteiger partial charge in [0.2, 0.25) is 11.8 Å². The number of rotatable bonds is 11. The van der Waals surface area contributed by atoms with Gasteiger partial charge < -0.3 is 19.7 Å². The summed E-state index contributed by atoms with van der Waals surface area (Å²) in [4.78, 5) is 48.5. The van der Waals surface area contributed by atoms with Crippen LogP contribution in [0.25, 0.3) is 0 Å². The first-order valence-electron chi connectivity index (χ1n) is 14.9. The van der Waals surface area contributed by atoms with E-state index in [-0.39, 0.29) is 41.4 Å². The number of likely N-dealkylation sites (tertiary alicyclic amines) is 1. The molecule has 3 amide bonds. The second kappa shape index (κ2) is 13.9. The Kier molecular flexibility index (Phi) is 10.3. The molecule has 1 aromatic carbocycles. The SMILES string of the molecule is CC[C@@H](C)C(=O)N[C@H](C(=O)N1CCC[C@H]1CN(CCc1ccc(F)cc1)C(=O)c1cn(C)cn1)C1CCCCC1. The van der Waals surface area contributed by atoms with Gasteiger partial charge in [0, 0.05) is 44.8 Å². The van der Waals surface area contributed by atoms with E-state index in [9.17, 15) is 18.8 Å². The van der Waals surface area contributed by atoms with E-state index < -0.39 is 6.04 Å².